The summed E-state index contributed by atoms with van der Waals surface area (Å²) in [6.45, 7) is 6.29. The second-order valence-electron chi connectivity index (χ2n) is 5.85. The minimum absolute atomic E-state index is 0.0617. The highest BCUT2D eigenvalue weighted by Gasteiger charge is 2.40. The molecule has 0 radical (unpaired) electrons. The van der Waals surface area contributed by atoms with E-state index in [1.165, 1.54) is 43.4 Å². The summed E-state index contributed by atoms with van der Waals surface area (Å²) < 4.78 is 6.32. The van der Waals surface area contributed by atoms with Gasteiger partial charge in [-0.1, -0.05) is 32.3 Å². The quantitative estimate of drug-likeness (QED) is 0.767. The van der Waals surface area contributed by atoms with Gasteiger partial charge in [0.05, 0.1) is 5.60 Å². The van der Waals surface area contributed by atoms with Gasteiger partial charge in [0.15, 0.2) is 0 Å². The molecule has 0 aromatic carbocycles. The lowest BCUT2D eigenvalue weighted by molar-refractivity contribution is -0.0895. The molecular weight excluding hydrogens is 266 g/mol. The molecule has 0 bridgehead atoms. The monoisotopic (exact) mass is 295 g/mol. The maximum atomic E-state index is 6.32. The first-order chi connectivity index (χ1) is 9.80. The van der Waals surface area contributed by atoms with Crippen LogP contribution in [0.3, 0.4) is 0 Å². The first-order valence-electron chi connectivity index (χ1n) is 8.20. The molecule has 0 saturated heterocycles. The van der Waals surface area contributed by atoms with E-state index < -0.39 is 0 Å². The Kier molecular flexibility index (Phi) is 6.53. The van der Waals surface area contributed by atoms with Gasteiger partial charge in [0.1, 0.15) is 0 Å². The van der Waals surface area contributed by atoms with Gasteiger partial charge in [0.2, 0.25) is 0 Å². The van der Waals surface area contributed by atoms with Crippen LogP contribution in [0.4, 0.5) is 0 Å². The maximum Gasteiger partial charge on any atom is 0.0838 e. The summed E-state index contributed by atoms with van der Waals surface area (Å²) in [7, 11) is 0. The van der Waals surface area contributed by atoms with Crippen LogP contribution in [0, 0.1) is 0 Å². The fourth-order valence-corrected chi connectivity index (χ4v) is 4.18. The molecule has 1 unspecified atom stereocenters. The van der Waals surface area contributed by atoms with Gasteiger partial charge in [-0.05, 0) is 50.6 Å². The number of nitrogens with one attached hydrogen (secondary N) is 1. The van der Waals surface area contributed by atoms with E-state index in [0.29, 0.717) is 6.04 Å². The average Bonchev–Trinajstić information content (AvgIpc) is 2.97. The second-order valence-corrected chi connectivity index (χ2v) is 6.88. The van der Waals surface area contributed by atoms with E-state index in [9.17, 15) is 0 Å². The number of hydrogen-bond acceptors (Lipinski definition) is 3. The van der Waals surface area contributed by atoms with Crippen molar-refractivity contribution in [2.45, 2.75) is 70.4 Å². The molecule has 0 aliphatic heterocycles. The molecule has 114 valence electrons. The Morgan fingerprint density at radius 1 is 1.30 bits per heavy atom. The van der Waals surface area contributed by atoms with Gasteiger partial charge in [-0.25, -0.2) is 0 Å². The van der Waals surface area contributed by atoms with Gasteiger partial charge in [-0.3, -0.25) is 0 Å². The third kappa shape index (κ3) is 4.06. The summed E-state index contributed by atoms with van der Waals surface area (Å²) in [6, 6.07) is 4.88. The van der Waals surface area contributed by atoms with Crippen LogP contribution in [0.25, 0.3) is 0 Å². The normalized spacial score (nSPS) is 19.9. The van der Waals surface area contributed by atoms with Crippen molar-refractivity contribution in [3.8, 4) is 0 Å². The summed E-state index contributed by atoms with van der Waals surface area (Å²) >= 11 is 1.87. The molecule has 1 aliphatic rings. The van der Waals surface area contributed by atoms with Crippen molar-refractivity contribution in [1.29, 1.82) is 0 Å². The van der Waals surface area contributed by atoms with Crippen molar-refractivity contribution < 1.29 is 4.74 Å². The van der Waals surface area contributed by atoms with Crippen molar-refractivity contribution in [3.63, 3.8) is 0 Å². The molecule has 1 fully saturated rings. The molecule has 1 aromatic rings. The lowest BCUT2D eigenvalue weighted by Gasteiger charge is -2.44. The molecule has 1 N–H and O–H groups in total. The van der Waals surface area contributed by atoms with Crippen molar-refractivity contribution >= 4 is 11.3 Å². The highest BCUT2D eigenvalue weighted by atomic mass is 32.1. The predicted molar refractivity (Wildman–Crippen MR) is 87.5 cm³/mol. The molecule has 3 heteroatoms. The Bertz CT molecular complexity index is 352. The van der Waals surface area contributed by atoms with Gasteiger partial charge >= 0.3 is 0 Å². The van der Waals surface area contributed by atoms with Gasteiger partial charge in [0, 0.05) is 17.5 Å². The van der Waals surface area contributed by atoms with Crippen molar-refractivity contribution in [2.75, 3.05) is 13.2 Å². The average molecular weight is 295 g/mol. The van der Waals surface area contributed by atoms with E-state index in [2.05, 4.69) is 36.7 Å². The predicted octanol–water partition coefficient (Wildman–Crippen LogP) is 4.40. The van der Waals surface area contributed by atoms with Crippen LogP contribution < -0.4 is 5.32 Å². The van der Waals surface area contributed by atoms with Crippen molar-refractivity contribution in [1.82, 2.24) is 5.32 Å². The summed E-state index contributed by atoms with van der Waals surface area (Å²) in [5, 5.41) is 5.97. The number of hydrogen-bond donors (Lipinski definition) is 1. The number of ether oxygens (including phenoxy) is 1. The van der Waals surface area contributed by atoms with Gasteiger partial charge < -0.3 is 10.1 Å². The van der Waals surface area contributed by atoms with Gasteiger partial charge in [-0.2, -0.15) is 0 Å². The smallest absolute Gasteiger partial charge is 0.0838 e. The van der Waals surface area contributed by atoms with E-state index in [-0.39, 0.29) is 5.60 Å². The fourth-order valence-electron chi connectivity index (χ4n) is 3.42. The highest BCUT2D eigenvalue weighted by molar-refractivity contribution is 7.09. The Morgan fingerprint density at radius 2 is 2.10 bits per heavy atom. The third-order valence-electron chi connectivity index (χ3n) is 4.39. The zero-order valence-electron chi connectivity index (χ0n) is 13.0. The van der Waals surface area contributed by atoms with Crippen LogP contribution >= 0.6 is 11.3 Å². The Morgan fingerprint density at radius 3 is 2.70 bits per heavy atom. The summed E-state index contributed by atoms with van der Waals surface area (Å²) in [4.78, 5) is 1.48. The van der Waals surface area contributed by atoms with E-state index in [1.54, 1.807) is 0 Å². The summed E-state index contributed by atoms with van der Waals surface area (Å²) in [6.07, 6.45) is 8.72. The van der Waals surface area contributed by atoms with Crippen LogP contribution in [0.1, 0.15) is 57.2 Å². The fraction of sp³-hybridized carbons (Fsp3) is 0.765. The molecule has 2 rings (SSSR count). The Balaban J connectivity index is 2.12. The topological polar surface area (TPSA) is 21.3 Å². The zero-order valence-corrected chi connectivity index (χ0v) is 13.8. The molecule has 0 amide bonds. The third-order valence-corrected chi connectivity index (χ3v) is 5.29. The van der Waals surface area contributed by atoms with Crippen LogP contribution in [0.5, 0.6) is 0 Å². The Hall–Kier alpha value is -0.380. The Labute approximate surface area is 127 Å². The van der Waals surface area contributed by atoms with Gasteiger partial charge in [-0.15, -0.1) is 11.3 Å². The standard InChI is InChI=1S/C17H29NOS/c1-3-12-18-16(14-15-9-8-13-20-15)17(19-4-2)10-6-5-7-11-17/h8-9,13,16,18H,3-7,10-12,14H2,1-2H3. The lowest BCUT2D eigenvalue weighted by Crippen LogP contribution is -2.55. The molecule has 20 heavy (non-hydrogen) atoms. The van der Waals surface area contributed by atoms with Crippen LogP contribution in [0.15, 0.2) is 17.5 Å². The first-order valence-corrected chi connectivity index (χ1v) is 9.08. The lowest BCUT2D eigenvalue weighted by atomic mass is 9.77. The molecule has 1 atom stereocenters. The molecule has 1 aromatic heterocycles. The molecule has 2 nitrogen and oxygen atoms in total. The summed E-state index contributed by atoms with van der Waals surface area (Å²) in [5.74, 6) is 0. The number of thiophene rings is 1. The second kappa shape index (κ2) is 8.16. The van der Waals surface area contributed by atoms with Crippen LogP contribution in [-0.2, 0) is 11.2 Å². The molecule has 1 heterocycles. The maximum absolute atomic E-state index is 6.32. The van der Waals surface area contributed by atoms with E-state index >= 15 is 0 Å². The number of rotatable bonds is 8. The minimum Gasteiger partial charge on any atom is -0.374 e. The van der Waals surface area contributed by atoms with Crippen molar-refractivity contribution in [3.05, 3.63) is 22.4 Å². The zero-order chi connectivity index (χ0) is 14.3. The van der Waals surface area contributed by atoms with Crippen molar-refractivity contribution in [2.24, 2.45) is 0 Å². The minimum atomic E-state index is 0.0617. The van der Waals surface area contributed by atoms with E-state index in [1.807, 2.05) is 11.3 Å². The van der Waals surface area contributed by atoms with Crippen LogP contribution in [0.2, 0.25) is 0 Å². The largest absolute Gasteiger partial charge is 0.374 e. The van der Waals surface area contributed by atoms with E-state index in [4.69, 9.17) is 4.74 Å². The summed E-state index contributed by atoms with van der Waals surface area (Å²) in [5.41, 5.74) is 0.0617. The molecule has 0 spiro atoms. The van der Waals surface area contributed by atoms with E-state index in [0.717, 1.165) is 19.6 Å². The first kappa shape index (κ1) is 16.0. The molecule has 1 aliphatic carbocycles. The van der Waals surface area contributed by atoms with Gasteiger partial charge in [0.25, 0.3) is 0 Å². The molecular formula is C17H29NOS. The molecule has 1 saturated carbocycles. The van der Waals surface area contributed by atoms with Crippen LogP contribution in [-0.4, -0.2) is 24.8 Å². The highest BCUT2D eigenvalue weighted by Crippen LogP contribution is 2.36. The SMILES string of the molecule is CCCNC(Cc1cccs1)C1(OCC)CCCCC1.